The predicted octanol–water partition coefficient (Wildman–Crippen LogP) is 3.64. The van der Waals surface area contributed by atoms with E-state index in [9.17, 15) is 0 Å². The molecule has 0 unspecified atom stereocenters. The summed E-state index contributed by atoms with van der Waals surface area (Å²) in [5, 5.41) is 22.8. The van der Waals surface area contributed by atoms with Crippen molar-refractivity contribution < 1.29 is 0 Å². The van der Waals surface area contributed by atoms with Gasteiger partial charge in [0, 0.05) is 37.5 Å². The van der Waals surface area contributed by atoms with E-state index in [1.807, 2.05) is 12.1 Å². The van der Waals surface area contributed by atoms with Crippen LogP contribution in [0.2, 0.25) is 10.0 Å². The van der Waals surface area contributed by atoms with E-state index in [4.69, 9.17) is 33.7 Å². The summed E-state index contributed by atoms with van der Waals surface area (Å²) in [7, 11) is 3.53. The van der Waals surface area contributed by atoms with Gasteiger partial charge in [-0.15, -0.1) is 0 Å². The highest BCUT2D eigenvalue weighted by molar-refractivity contribution is 6.36. The van der Waals surface area contributed by atoms with Gasteiger partial charge in [0.1, 0.15) is 17.7 Å². The SMILES string of the molecule is CN(C)C(CC=NNc1ccc(Cl)cc1Cl)=C(C#N)C#N. The molecule has 0 aromatic heterocycles. The number of anilines is 1. The standard InChI is InChI=1S/C14H13Cl2N5/c1-21(2)14(10(8-17)9-18)5-6-19-20-13-4-3-11(15)7-12(13)16/h3-4,6-7,20H,5H2,1-2H3. The number of hydrogen-bond acceptors (Lipinski definition) is 5. The van der Waals surface area contributed by atoms with Crippen LogP contribution in [0.5, 0.6) is 0 Å². The largest absolute Gasteiger partial charge is 0.379 e. The molecule has 1 N–H and O–H groups in total. The first kappa shape index (κ1) is 16.8. The molecule has 1 aromatic carbocycles. The summed E-state index contributed by atoms with van der Waals surface area (Å²) in [6.45, 7) is 0. The van der Waals surface area contributed by atoms with Crippen LogP contribution in [0, 0.1) is 22.7 Å². The average Bonchev–Trinajstić information content (AvgIpc) is 2.44. The second-order valence-corrected chi connectivity index (χ2v) is 5.04. The maximum absolute atomic E-state index is 8.90. The van der Waals surface area contributed by atoms with Gasteiger partial charge in [-0.2, -0.15) is 15.6 Å². The highest BCUT2D eigenvalue weighted by Crippen LogP contribution is 2.25. The van der Waals surface area contributed by atoms with Crippen LogP contribution >= 0.6 is 23.2 Å². The topological polar surface area (TPSA) is 75.2 Å². The Kier molecular flexibility index (Phi) is 6.55. The lowest BCUT2D eigenvalue weighted by molar-refractivity contribution is 0.503. The number of halogens is 2. The lowest BCUT2D eigenvalue weighted by Gasteiger charge is -2.15. The zero-order chi connectivity index (χ0) is 15.8. The van der Waals surface area contributed by atoms with Gasteiger partial charge in [-0.1, -0.05) is 23.2 Å². The molecule has 0 aliphatic carbocycles. The molecule has 0 saturated carbocycles. The summed E-state index contributed by atoms with van der Waals surface area (Å²) in [4.78, 5) is 1.71. The molecular formula is C14H13Cl2N5. The van der Waals surface area contributed by atoms with Crippen molar-refractivity contribution in [3.63, 3.8) is 0 Å². The highest BCUT2D eigenvalue weighted by Gasteiger charge is 2.07. The molecule has 0 radical (unpaired) electrons. The average molecular weight is 322 g/mol. The van der Waals surface area contributed by atoms with E-state index >= 15 is 0 Å². The molecule has 1 rings (SSSR count). The fraction of sp³-hybridized carbons (Fsp3) is 0.214. The Morgan fingerprint density at radius 3 is 2.52 bits per heavy atom. The van der Waals surface area contributed by atoms with Gasteiger partial charge in [0.2, 0.25) is 0 Å². The fourth-order valence-corrected chi connectivity index (χ4v) is 1.94. The number of hydrazone groups is 1. The third-order valence-corrected chi connectivity index (χ3v) is 3.09. The van der Waals surface area contributed by atoms with Crippen LogP contribution < -0.4 is 5.43 Å². The minimum absolute atomic E-state index is 0.0657. The minimum atomic E-state index is 0.0657. The lowest BCUT2D eigenvalue weighted by atomic mass is 10.2. The molecule has 108 valence electrons. The molecule has 0 bridgehead atoms. The van der Waals surface area contributed by atoms with Crippen molar-refractivity contribution in [2.75, 3.05) is 19.5 Å². The lowest BCUT2D eigenvalue weighted by Crippen LogP contribution is -2.13. The quantitative estimate of drug-likeness (QED) is 0.510. The number of allylic oxidation sites excluding steroid dienone is 2. The van der Waals surface area contributed by atoms with Gasteiger partial charge < -0.3 is 4.90 Å². The van der Waals surface area contributed by atoms with Gasteiger partial charge in [0.25, 0.3) is 0 Å². The first-order chi connectivity index (χ1) is 9.99. The van der Waals surface area contributed by atoms with Gasteiger partial charge in [0.15, 0.2) is 0 Å². The molecule has 0 fully saturated rings. The van der Waals surface area contributed by atoms with E-state index in [1.54, 1.807) is 43.4 Å². The third-order valence-electron chi connectivity index (χ3n) is 2.54. The molecule has 1 aromatic rings. The van der Waals surface area contributed by atoms with E-state index in [1.165, 1.54) is 0 Å². The molecule has 7 heteroatoms. The van der Waals surface area contributed by atoms with Crippen LogP contribution in [0.15, 0.2) is 34.6 Å². The molecule has 0 saturated heterocycles. The predicted molar refractivity (Wildman–Crippen MR) is 85.1 cm³/mol. The molecule has 5 nitrogen and oxygen atoms in total. The maximum atomic E-state index is 8.90. The van der Waals surface area contributed by atoms with Crippen molar-refractivity contribution in [1.82, 2.24) is 4.90 Å². The molecule has 0 atom stereocenters. The number of nitriles is 2. The van der Waals surface area contributed by atoms with Crippen molar-refractivity contribution in [3.05, 3.63) is 39.5 Å². The van der Waals surface area contributed by atoms with E-state index in [0.717, 1.165) is 0 Å². The molecular weight excluding hydrogens is 309 g/mol. The Balaban J connectivity index is 2.76. The van der Waals surface area contributed by atoms with Crippen LogP contribution in [-0.2, 0) is 0 Å². The molecule has 0 amide bonds. The Morgan fingerprint density at radius 2 is 2.00 bits per heavy atom. The second kappa shape index (κ2) is 8.16. The first-order valence-corrected chi connectivity index (χ1v) is 6.68. The zero-order valence-electron chi connectivity index (χ0n) is 11.6. The Labute approximate surface area is 133 Å². The van der Waals surface area contributed by atoms with Crippen LogP contribution in [-0.4, -0.2) is 25.2 Å². The summed E-state index contributed by atoms with van der Waals surface area (Å²) >= 11 is 11.8. The van der Waals surface area contributed by atoms with E-state index in [2.05, 4.69) is 10.5 Å². The summed E-state index contributed by atoms with van der Waals surface area (Å²) < 4.78 is 0. The van der Waals surface area contributed by atoms with Crippen LogP contribution in [0.25, 0.3) is 0 Å². The zero-order valence-corrected chi connectivity index (χ0v) is 13.1. The molecule has 0 spiro atoms. The smallest absolute Gasteiger partial charge is 0.149 e. The number of benzene rings is 1. The van der Waals surface area contributed by atoms with Crippen LogP contribution in [0.1, 0.15) is 6.42 Å². The molecule has 21 heavy (non-hydrogen) atoms. The Hall–Kier alpha value is -2.21. The number of rotatable bonds is 5. The Bertz CT molecular complexity index is 634. The maximum Gasteiger partial charge on any atom is 0.149 e. The van der Waals surface area contributed by atoms with Crippen molar-refractivity contribution in [3.8, 4) is 12.1 Å². The van der Waals surface area contributed by atoms with Gasteiger partial charge in [-0.05, 0) is 18.2 Å². The van der Waals surface area contributed by atoms with Gasteiger partial charge in [0.05, 0.1) is 10.7 Å². The van der Waals surface area contributed by atoms with Crippen molar-refractivity contribution in [2.45, 2.75) is 6.42 Å². The van der Waals surface area contributed by atoms with Crippen molar-refractivity contribution in [2.24, 2.45) is 5.10 Å². The third kappa shape index (κ3) is 5.00. The summed E-state index contributed by atoms with van der Waals surface area (Å²) in [5.74, 6) is 0. The Morgan fingerprint density at radius 1 is 1.33 bits per heavy atom. The van der Waals surface area contributed by atoms with Gasteiger partial charge in [-0.3, -0.25) is 5.43 Å². The molecule has 0 aliphatic heterocycles. The summed E-state index contributed by atoms with van der Waals surface area (Å²) in [6, 6.07) is 8.74. The normalized spacial score (nSPS) is 9.81. The van der Waals surface area contributed by atoms with Crippen molar-refractivity contribution in [1.29, 1.82) is 10.5 Å². The van der Waals surface area contributed by atoms with E-state index < -0.39 is 0 Å². The van der Waals surface area contributed by atoms with E-state index in [-0.39, 0.29) is 5.57 Å². The molecule has 0 aliphatic rings. The van der Waals surface area contributed by atoms with Crippen LogP contribution in [0.3, 0.4) is 0 Å². The minimum Gasteiger partial charge on any atom is -0.379 e. The second-order valence-electron chi connectivity index (χ2n) is 4.19. The fourth-order valence-electron chi connectivity index (χ4n) is 1.49. The molecule has 0 heterocycles. The monoisotopic (exact) mass is 321 g/mol. The summed E-state index contributed by atoms with van der Waals surface area (Å²) in [5.41, 5.74) is 4.06. The van der Waals surface area contributed by atoms with Gasteiger partial charge >= 0.3 is 0 Å². The van der Waals surface area contributed by atoms with Crippen LogP contribution in [0.4, 0.5) is 5.69 Å². The number of nitrogens with zero attached hydrogens (tertiary/aromatic N) is 4. The number of nitrogens with one attached hydrogen (secondary N) is 1. The van der Waals surface area contributed by atoms with E-state index in [0.29, 0.717) is 27.9 Å². The summed E-state index contributed by atoms with van der Waals surface area (Å²) in [6.07, 6.45) is 1.91. The van der Waals surface area contributed by atoms with Crippen molar-refractivity contribution >= 4 is 35.1 Å². The highest BCUT2D eigenvalue weighted by atomic mass is 35.5. The van der Waals surface area contributed by atoms with Gasteiger partial charge in [-0.25, -0.2) is 0 Å². The first-order valence-electron chi connectivity index (χ1n) is 5.92. The number of hydrogen-bond donors (Lipinski definition) is 1.